The minimum atomic E-state index is -0.0470. The number of nitrogens with one attached hydrogen (secondary N) is 1. The molecular formula is C19H23N3O2. The molecule has 1 aliphatic rings. The summed E-state index contributed by atoms with van der Waals surface area (Å²) in [6.45, 7) is 2.05. The second-order valence-electron chi connectivity index (χ2n) is 6.22. The van der Waals surface area contributed by atoms with Crippen LogP contribution in [0, 0.1) is 0 Å². The molecule has 1 amide bonds. The Morgan fingerprint density at radius 3 is 2.71 bits per heavy atom. The maximum absolute atomic E-state index is 12.4. The number of amides is 1. The molecule has 1 saturated heterocycles. The molecule has 3 rings (SSSR count). The molecule has 1 aromatic carbocycles. The van der Waals surface area contributed by atoms with Crippen molar-refractivity contribution in [2.45, 2.75) is 18.9 Å². The number of piperidine rings is 1. The predicted octanol–water partition coefficient (Wildman–Crippen LogP) is 2.58. The van der Waals surface area contributed by atoms with Gasteiger partial charge in [0.1, 0.15) is 5.75 Å². The minimum Gasteiger partial charge on any atom is -0.497 e. The van der Waals surface area contributed by atoms with E-state index >= 15 is 0 Å². The quantitative estimate of drug-likeness (QED) is 0.939. The van der Waals surface area contributed by atoms with Crippen LogP contribution in [0.4, 0.5) is 0 Å². The Bertz CT molecular complexity index is 692. The predicted molar refractivity (Wildman–Crippen MR) is 94.2 cm³/mol. The van der Waals surface area contributed by atoms with Crippen LogP contribution in [0.25, 0.3) is 11.3 Å². The van der Waals surface area contributed by atoms with E-state index in [1.807, 2.05) is 36.4 Å². The molecule has 1 aromatic heterocycles. The van der Waals surface area contributed by atoms with Crippen LogP contribution in [-0.2, 0) is 0 Å². The van der Waals surface area contributed by atoms with Crippen molar-refractivity contribution in [1.82, 2.24) is 15.2 Å². The van der Waals surface area contributed by atoms with Crippen LogP contribution in [-0.4, -0.2) is 49.1 Å². The number of carbonyl (C=O) groups is 1. The van der Waals surface area contributed by atoms with Crippen LogP contribution in [0.1, 0.15) is 23.2 Å². The van der Waals surface area contributed by atoms with Crippen LogP contribution in [0.15, 0.2) is 42.6 Å². The lowest BCUT2D eigenvalue weighted by molar-refractivity contribution is 0.0916. The molecule has 24 heavy (non-hydrogen) atoms. The molecule has 0 bridgehead atoms. The Hall–Kier alpha value is -2.40. The summed E-state index contributed by atoms with van der Waals surface area (Å²) in [7, 11) is 3.75. The van der Waals surface area contributed by atoms with Gasteiger partial charge in [-0.1, -0.05) is 12.1 Å². The second kappa shape index (κ2) is 7.45. The third-order valence-corrected chi connectivity index (χ3v) is 4.44. The highest BCUT2D eigenvalue weighted by molar-refractivity contribution is 5.94. The molecule has 0 radical (unpaired) electrons. The molecule has 0 spiro atoms. The van der Waals surface area contributed by atoms with Crippen LogP contribution in [0.5, 0.6) is 5.75 Å². The van der Waals surface area contributed by atoms with Gasteiger partial charge < -0.3 is 15.0 Å². The maximum atomic E-state index is 12.4. The average molecular weight is 325 g/mol. The van der Waals surface area contributed by atoms with Gasteiger partial charge in [-0.05, 0) is 57.2 Å². The number of hydrogen-bond donors (Lipinski definition) is 1. The lowest BCUT2D eigenvalue weighted by Gasteiger charge is -2.29. The third kappa shape index (κ3) is 3.92. The average Bonchev–Trinajstić information content (AvgIpc) is 2.64. The van der Waals surface area contributed by atoms with Gasteiger partial charge in [0.25, 0.3) is 5.91 Å². The molecule has 1 N–H and O–H groups in total. The zero-order valence-corrected chi connectivity index (χ0v) is 14.2. The van der Waals surface area contributed by atoms with E-state index in [-0.39, 0.29) is 11.9 Å². The van der Waals surface area contributed by atoms with E-state index < -0.39 is 0 Å². The fourth-order valence-electron chi connectivity index (χ4n) is 2.90. The summed E-state index contributed by atoms with van der Waals surface area (Å²) in [6.07, 6.45) is 3.63. The number of likely N-dealkylation sites (tertiary alicyclic amines) is 1. The van der Waals surface area contributed by atoms with E-state index in [0.717, 1.165) is 42.9 Å². The van der Waals surface area contributed by atoms with Crippen molar-refractivity contribution in [3.05, 3.63) is 48.2 Å². The summed E-state index contributed by atoms with van der Waals surface area (Å²) in [4.78, 5) is 19.1. The van der Waals surface area contributed by atoms with Crippen molar-refractivity contribution in [2.24, 2.45) is 0 Å². The number of benzene rings is 1. The number of ether oxygens (including phenoxy) is 1. The monoisotopic (exact) mass is 325 g/mol. The smallest absolute Gasteiger partial charge is 0.253 e. The Kier molecular flexibility index (Phi) is 5.11. The summed E-state index contributed by atoms with van der Waals surface area (Å²) >= 11 is 0. The number of nitrogens with zero attached hydrogens (tertiary/aromatic N) is 2. The van der Waals surface area contributed by atoms with Gasteiger partial charge in [-0.3, -0.25) is 9.78 Å². The summed E-state index contributed by atoms with van der Waals surface area (Å²) in [5.74, 6) is 0.743. The first kappa shape index (κ1) is 16.5. The number of methoxy groups -OCH3 is 1. The fourth-order valence-corrected chi connectivity index (χ4v) is 2.90. The molecule has 1 aliphatic heterocycles. The SMILES string of the molecule is COc1cccc(-c2ccc(C(=O)NC3CCN(C)CC3)cn2)c1. The van der Waals surface area contributed by atoms with Crippen LogP contribution >= 0.6 is 0 Å². The fraction of sp³-hybridized carbons (Fsp3) is 0.368. The summed E-state index contributed by atoms with van der Waals surface area (Å²) < 4.78 is 5.24. The highest BCUT2D eigenvalue weighted by Gasteiger charge is 2.19. The van der Waals surface area contributed by atoms with Crippen LogP contribution < -0.4 is 10.1 Å². The molecule has 5 heteroatoms. The lowest BCUT2D eigenvalue weighted by atomic mass is 10.0. The van der Waals surface area contributed by atoms with Crippen LogP contribution in [0.2, 0.25) is 0 Å². The van der Waals surface area contributed by atoms with Crippen molar-refractivity contribution < 1.29 is 9.53 Å². The molecule has 126 valence electrons. The topological polar surface area (TPSA) is 54.5 Å². The molecule has 0 atom stereocenters. The van der Waals surface area contributed by atoms with Gasteiger partial charge in [0.2, 0.25) is 0 Å². The number of carbonyl (C=O) groups excluding carboxylic acids is 1. The molecule has 2 aromatic rings. The number of aromatic nitrogens is 1. The van der Waals surface area contributed by atoms with Gasteiger partial charge in [-0.25, -0.2) is 0 Å². The van der Waals surface area contributed by atoms with Gasteiger partial charge in [0.15, 0.2) is 0 Å². The van der Waals surface area contributed by atoms with Gasteiger partial charge in [0.05, 0.1) is 18.4 Å². The van der Waals surface area contributed by atoms with E-state index in [4.69, 9.17) is 4.74 Å². The van der Waals surface area contributed by atoms with E-state index in [1.165, 1.54) is 0 Å². The Morgan fingerprint density at radius 1 is 1.25 bits per heavy atom. The minimum absolute atomic E-state index is 0.0470. The Morgan fingerprint density at radius 2 is 2.04 bits per heavy atom. The van der Waals surface area contributed by atoms with Crippen molar-refractivity contribution in [1.29, 1.82) is 0 Å². The normalized spacial score (nSPS) is 15.9. The van der Waals surface area contributed by atoms with Crippen molar-refractivity contribution >= 4 is 5.91 Å². The van der Waals surface area contributed by atoms with E-state index in [9.17, 15) is 4.79 Å². The van der Waals surface area contributed by atoms with E-state index in [1.54, 1.807) is 13.3 Å². The number of pyridine rings is 1. The van der Waals surface area contributed by atoms with Gasteiger partial charge >= 0.3 is 0 Å². The molecule has 2 heterocycles. The first-order valence-electron chi connectivity index (χ1n) is 8.25. The summed E-state index contributed by atoms with van der Waals surface area (Å²) in [5, 5.41) is 3.11. The Balaban J connectivity index is 1.66. The van der Waals surface area contributed by atoms with Gasteiger partial charge in [-0.15, -0.1) is 0 Å². The van der Waals surface area contributed by atoms with E-state index in [2.05, 4.69) is 22.2 Å². The third-order valence-electron chi connectivity index (χ3n) is 4.44. The molecular weight excluding hydrogens is 302 g/mol. The van der Waals surface area contributed by atoms with Crippen molar-refractivity contribution in [3.8, 4) is 17.0 Å². The number of hydrogen-bond acceptors (Lipinski definition) is 4. The van der Waals surface area contributed by atoms with Crippen molar-refractivity contribution in [3.63, 3.8) is 0 Å². The molecule has 0 aliphatic carbocycles. The molecule has 0 saturated carbocycles. The zero-order chi connectivity index (χ0) is 16.9. The van der Waals surface area contributed by atoms with Crippen LogP contribution in [0.3, 0.4) is 0 Å². The molecule has 1 fully saturated rings. The molecule has 5 nitrogen and oxygen atoms in total. The number of rotatable bonds is 4. The first-order valence-corrected chi connectivity index (χ1v) is 8.25. The summed E-state index contributed by atoms with van der Waals surface area (Å²) in [6, 6.07) is 11.7. The highest BCUT2D eigenvalue weighted by Crippen LogP contribution is 2.22. The van der Waals surface area contributed by atoms with E-state index in [0.29, 0.717) is 5.56 Å². The highest BCUT2D eigenvalue weighted by atomic mass is 16.5. The summed E-state index contributed by atoms with van der Waals surface area (Å²) in [5.41, 5.74) is 2.39. The van der Waals surface area contributed by atoms with Crippen molar-refractivity contribution in [2.75, 3.05) is 27.2 Å². The Labute approximate surface area is 142 Å². The van der Waals surface area contributed by atoms with Gasteiger partial charge in [0, 0.05) is 17.8 Å². The van der Waals surface area contributed by atoms with Gasteiger partial charge in [-0.2, -0.15) is 0 Å². The second-order valence-corrected chi connectivity index (χ2v) is 6.22. The molecule has 0 unspecified atom stereocenters. The standard InChI is InChI=1S/C19H23N3O2/c1-22-10-8-16(9-11-22)21-19(23)15-6-7-18(20-13-15)14-4-3-5-17(12-14)24-2/h3-7,12-13,16H,8-11H2,1-2H3,(H,21,23). The zero-order valence-electron chi connectivity index (χ0n) is 14.2. The maximum Gasteiger partial charge on any atom is 0.253 e. The lowest BCUT2D eigenvalue weighted by Crippen LogP contribution is -2.43. The first-order chi connectivity index (χ1) is 11.7. The largest absolute Gasteiger partial charge is 0.497 e.